The summed E-state index contributed by atoms with van der Waals surface area (Å²) in [5, 5.41) is 8.97. The van der Waals surface area contributed by atoms with Crippen LogP contribution < -0.4 is 9.47 Å². The van der Waals surface area contributed by atoms with Crippen molar-refractivity contribution in [2.45, 2.75) is 0 Å². The summed E-state index contributed by atoms with van der Waals surface area (Å²) in [4.78, 5) is 10.7. The minimum atomic E-state index is -1.13. The van der Waals surface area contributed by atoms with Crippen molar-refractivity contribution in [3.8, 4) is 11.5 Å². The Labute approximate surface area is 167 Å². The van der Waals surface area contributed by atoms with Crippen LogP contribution in [0, 0.1) is 0 Å². The minimum Gasteiger partial charge on any atom is -0.478 e. The molecular formula is C17H22Cl2O8. The zero-order chi connectivity index (χ0) is 20.1. The number of ether oxygens (including phenoxy) is 6. The molecule has 1 aromatic carbocycles. The highest BCUT2D eigenvalue weighted by Crippen LogP contribution is 2.43. The summed E-state index contributed by atoms with van der Waals surface area (Å²) in [7, 11) is 3.11. The highest BCUT2D eigenvalue weighted by molar-refractivity contribution is 6.44. The highest BCUT2D eigenvalue weighted by atomic mass is 35.5. The molecule has 1 rings (SSSR count). The maximum absolute atomic E-state index is 10.7. The lowest BCUT2D eigenvalue weighted by Crippen LogP contribution is -2.11. The predicted molar refractivity (Wildman–Crippen MR) is 99.8 cm³/mol. The van der Waals surface area contributed by atoms with Gasteiger partial charge < -0.3 is 33.5 Å². The van der Waals surface area contributed by atoms with Crippen molar-refractivity contribution in [2.75, 3.05) is 54.2 Å². The molecule has 0 aromatic heterocycles. The number of carboxylic acids is 1. The Morgan fingerprint density at radius 1 is 1.00 bits per heavy atom. The molecule has 1 aromatic rings. The molecule has 1 N–H and O–H groups in total. The molecule has 0 spiro atoms. The molecule has 0 saturated heterocycles. The number of carboxylic acid groups (broad SMARTS) is 1. The number of hydrogen-bond donors (Lipinski definition) is 1. The summed E-state index contributed by atoms with van der Waals surface area (Å²) >= 11 is 12.5. The van der Waals surface area contributed by atoms with Gasteiger partial charge in [-0.1, -0.05) is 23.2 Å². The molecule has 10 heteroatoms. The third-order valence-corrected chi connectivity index (χ3v) is 3.87. The fourth-order valence-electron chi connectivity index (χ4n) is 1.74. The van der Waals surface area contributed by atoms with Gasteiger partial charge in [-0.15, -0.1) is 0 Å². The Bertz CT molecular complexity index is 621. The molecule has 0 heterocycles. The van der Waals surface area contributed by atoms with Gasteiger partial charge in [0, 0.05) is 20.3 Å². The van der Waals surface area contributed by atoms with Crippen LogP contribution in [0.3, 0.4) is 0 Å². The van der Waals surface area contributed by atoms with Crippen molar-refractivity contribution in [1.82, 2.24) is 0 Å². The Morgan fingerprint density at radius 2 is 1.59 bits per heavy atom. The zero-order valence-electron chi connectivity index (χ0n) is 15.0. The first kappa shape index (κ1) is 23.5. The molecule has 8 nitrogen and oxygen atoms in total. The van der Waals surface area contributed by atoms with E-state index in [1.165, 1.54) is 12.1 Å². The van der Waals surface area contributed by atoms with Gasteiger partial charge in [0.15, 0.2) is 25.1 Å². The first-order valence-electron chi connectivity index (χ1n) is 7.83. The third kappa shape index (κ3) is 8.79. The number of aliphatic carboxylic acids is 1. The summed E-state index contributed by atoms with van der Waals surface area (Å²) in [5.41, 5.74) is 0.351. The lowest BCUT2D eigenvalue weighted by molar-refractivity contribution is -0.131. The van der Waals surface area contributed by atoms with Gasteiger partial charge in [0.25, 0.3) is 0 Å². The van der Waals surface area contributed by atoms with Gasteiger partial charge in [0.2, 0.25) is 0 Å². The van der Waals surface area contributed by atoms with Crippen LogP contribution in [0.15, 0.2) is 12.1 Å². The maximum atomic E-state index is 10.7. The molecule has 0 aliphatic rings. The normalized spacial score (nSPS) is 11.1. The van der Waals surface area contributed by atoms with Gasteiger partial charge in [-0.3, -0.25) is 0 Å². The Hall–Kier alpha value is -1.55. The van der Waals surface area contributed by atoms with E-state index in [9.17, 15) is 4.79 Å². The number of halogens is 2. The van der Waals surface area contributed by atoms with Crippen molar-refractivity contribution in [1.29, 1.82) is 0 Å². The predicted octanol–water partition coefficient (Wildman–Crippen LogP) is 3.09. The average Bonchev–Trinajstić information content (AvgIpc) is 2.64. The first-order chi connectivity index (χ1) is 13.0. The summed E-state index contributed by atoms with van der Waals surface area (Å²) in [6.45, 7) is 1.29. The lowest BCUT2D eigenvalue weighted by Gasteiger charge is -2.16. The van der Waals surface area contributed by atoms with E-state index < -0.39 is 5.97 Å². The zero-order valence-corrected chi connectivity index (χ0v) is 16.5. The Morgan fingerprint density at radius 3 is 2.15 bits per heavy atom. The Balaban J connectivity index is 2.94. The topological polar surface area (TPSA) is 92.7 Å². The molecule has 152 valence electrons. The van der Waals surface area contributed by atoms with Gasteiger partial charge in [0.1, 0.15) is 5.02 Å². The van der Waals surface area contributed by atoms with Gasteiger partial charge in [-0.25, -0.2) is 4.79 Å². The summed E-state index contributed by atoms with van der Waals surface area (Å²) in [5.74, 6) is -0.747. The van der Waals surface area contributed by atoms with Crippen LogP contribution in [0.5, 0.6) is 11.5 Å². The van der Waals surface area contributed by atoms with Crippen LogP contribution in [0.25, 0.3) is 6.08 Å². The van der Waals surface area contributed by atoms with Gasteiger partial charge in [-0.05, 0) is 17.7 Å². The van der Waals surface area contributed by atoms with Crippen LogP contribution in [0.4, 0.5) is 0 Å². The second-order valence-electron chi connectivity index (χ2n) is 4.92. The van der Waals surface area contributed by atoms with Crippen LogP contribution in [-0.2, 0) is 23.7 Å². The van der Waals surface area contributed by atoms with Crippen LogP contribution in [0.1, 0.15) is 5.56 Å². The standard InChI is InChI=1S/C17H22Cl2O8/c1-22-5-7-24-10-26-13-9-12(3-4-14(20)21)15(18)16(19)17(13)27-11-25-8-6-23-2/h3-4,9H,5-8,10-11H2,1-2H3,(H,20,21). The number of carbonyl (C=O) groups is 1. The second-order valence-corrected chi connectivity index (χ2v) is 5.67. The second kappa shape index (κ2) is 13.6. The molecule has 0 unspecified atom stereocenters. The van der Waals surface area contributed by atoms with E-state index in [0.29, 0.717) is 32.0 Å². The van der Waals surface area contributed by atoms with E-state index >= 15 is 0 Å². The van der Waals surface area contributed by atoms with E-state index in [1.54, 1.807) is 14.2 Å². The maximum Gasteiger partial charge on any atom is 0.328 e. The summed E-state index contributed by atoms with van der Waals surface area (Å²) in [6.07, 6.45) is 2.23. The summed E-state index contributed by atoms with van der Waals surface area (Å²) < 4.78 is 31.3. The van der Waals surface area contributed by atoms with Gasteiger partial charge in [-0.2, -0.15) is 0 Å². The fourth-order valence-corrected chi connectivity index (χ4v) is 2.20. The molecule has 0 aliphatic carbocycles. The molecule has 0 amide bonds. The van der Waals surface area contributed by atoms with Crippen molar-refractivity contribution < 1.29 is 38.3 Å². The molecule has 0 fully saturated rings. The van der Waals surface area contributed by atoms with Crippen LogP contribution in [0.2, 0.25) is 10.0 Å². The quantitative estimate of drug-likeness (QED) is 0.276. The van der Waals surface area contributed by atoms with Crippen LogP contribution in [-0.4, -0.2) is 65.3 Å². The van der Waals surface area contributed by atoms with E-state index in [-0.39, 0.29) is 35.1 Å². The number of hydrogen-bond acceptors (Lipinski definition) is 7. The highest BCUT2D eigenvalue weighted by Gasteiger charge is 2.18. The van der Waals surface area contributed by atoms with Crippen molar-refractivity contribution in [2.24, 2.45) is 0 Å². The van der Waals surface area contributed by atoms with E-state index in [2.05, 4.69) is 0 Å². The van der Waals surface area contributed by atoms with Gasteiger partial charge >= 0.3 is 5.97 Å². The van der Waals surface area contributed by atoms with Gasteiger partial charge in [0.05, 0.1) is 31.5 Å². The van der Waals surface area contributed by atoms with E-state index in [0.717, 1.165) is 6.08 Å². The molecule has 27 heavy (non-hydrogen) atoms. The third-order valence-electron chi connectivity index (χ3n) is 3.01. The molecule has 0 bridgehead atoms. The number of methoxy groups -OCH3 is 2. The SMILES string of the molecule is COCCOCOc1cc(C=CC(=O)O)c(Cl)c(Cl)c1OCOCCOC. The van der Waals surface area contributed by atoms with Crippen LogP contribution >= 0.6 is 23.2 Å². The molecule has 0 aliphatic heterocycles. The molecule has 0 radical (unpaired) electrons. The molecular weight excluding hydrogens is 403 g/mol. The molecule has 0 saturated carbocycles. The van der Waals surface area contributed by atoms with E-state index in [4.69, 9.17) is 56.7 Å². The smallest absolute Gasteiger partial charge is 0.328 e. The largest absolute Gasteiger partial charge is 0.478 e. The minimum absolute atomic E-state index is 0.0615. The lowest BCUT2D eigenvalue weighted by atomic mass is 10.2. The first-order valence-corrected chi connectivity index (χ1v) is 8.58. The van der Waals surface area contributed by atoms with E-state index in [1.807, 2.05) is 0 Å². The Kier molecular flexibility index (Phi) is 11.8. The number of benzene rings is 1. The monoisotopic (exact) mass is 424 g/mol. The van der Waals surface area contributed by atoms with Crippen molar-refractivity contribution in [3.63, 3.8) is 0 Å². The fraction of sp³-hybridized carbons (Fsp3) is 0.471. The number of rotatable bonds is 14. The average molecular weight is 425 g/mol. The van der Waals surface area contributed by atoms with Crippen molar-refractivity contribution in [3.05, 3.63) is 27.8 Å². The molecule has 0 atom stereocenters. The van der Waals surface area contributed by atoms with Crippen molar-refractivity contribution >= 4 is 35.2 Å². The summed E-state index contributed by atoms with van der Waals surface area (Å²) in [6, 6.07) is 1.50.